The molecule has 1 unspecified atom stereocenters. The Labute approximate surface area is 204 Å². The van der Waals surface area contributed by atoms with Gasteiger partial charge < -0.3 is 9.66 Å². The zero-order valence-electron chi connectivity index (χ0n) is 19.5. The van der Waals surface area contributed by atoms with Crippen molar-refractivity contribution in [1.29, 1.82) is 0 Å². The summed E-state index contributed by atoms with van der Waals surface area (Å²) in [5.41, 5.74) is 0. The summed E-state index contributed by atoms with van der Waals surface area (Å²) in [7, 11) is -4.30. The van der Waals surface area contributed by atoms with Gasteiger partial charge in [0.05, 0.1) is 22.0 Å². The fraction of sp³-hybridized carbons (Fsp3) is 1.00. The molecule has 0 radical (unpaired) electrons. The van der Waals surface area contributed by atoms with Crippen LogP contribution in [0.15, 0.2) is 0 Å². The van der Waals surface area contributed by atoms with Crippen LogP contribution in [0.2, 0.25) is 0 Å². The molecule has 0 rings (SSSR count). The van der Waals surface area contributed by atoms with E-state index in [2.05, 4.69) is 6.92 Å². The van der Waals surface area contributed by atoms with Crippen LogP contribution in [-0.4, -0.2) is 29.9 Å². The van der Waals surface area contributed by atoms with Gasteiger partial charge >= 0.3 is 29.6 Å². The first-order valence-corrected chi connectivity index (χ1v) is 13.6. The molecular formula is C23H47NaO4S. The van der Waals surface area contributed by atoms with Gasteiger partial charge in [0.15, 0.2) is 0 Å². The van der Waals surface area contributed by atoms with Crippen molar-refractivity contribution in [1.82, 2.24) is 0 Å². The molecule has 1 atom stereocenters. The Hall–Kier alpha value is 0.870. The fourth-order valence-electron chi connectivity index (χ4n) is 3.78. The van der Waals surface area contributed by atoms with Gasteiger partial charge in [0, 0.05) is 0 Å². The van der Waals surface area contributed by atoms with Crippen molar-refractivity contribution in [2.24, 2.45) is 0 Å². The SMILES string of the molecule is CCCCCCCCCCCCCCCCCCCCCC(O)CS(=O)(=O)[O-].[Na+]. The van der Waals surface area contributed by atoms with Crippen LogP contribution >= 0.6 is 0 Å². The molecule has 29 heavy (non-hydrogen) atoms. The summed E-state index contributed by atoms with van der Waals surface area (Å²) >= 11 is 0. The molecule has 0 spiro atoms. The van der Waals surface area contributed by atoms with Gasteiger partial charge in [-0.25, -0.2) is 8.42 Å². The van der Waals surface area contributed by atoms with Crippen molar-refractivity contribution in [3.05, 3.63) is 0 Å². The van der Waals surface area contributed by atoms with Gasteiger partial charge in [0.1, 0.15) is 0 Å². The molecule has 0 aliphatic rings. The second-order valence-electron chi connectivity index (χ2n) is 8.53. The molecule has 0 fully saturated rings. The minimum absolute atomic E-state index is 0. The van der Waals surface area contributed by atoms with Crippen molar-refractivity contribution >= 4 is 10.1 Å². The second kappa shape index (κ2) is 23.5. The van der Waals surface area contributed by atoms with Crippen LogP contribution in [0.25, 0.3) is 0 Å². The van der Waals surface area contributed by atoms with Crippen LogP contribution in [0.5, 0.6) is 0 Å². The first kappa shape index (κ1) is 32.1. The first-order chi connectivity index (χ1) is 13.5. The van der Waals surface area contributed by atoms with Gasteiger partial charge in [-0.3, -0.25) is 0 Å². The van der Waals surface area contributed by atoms with E-state index >= 15 is 0 Å². The van der Waals surface area contributed by atoms with Gasteiger partial charge in [-0.2, -0.15) is 0 Å². The Kier molecular flexibility index (Phi) is 26.0. The predicted molar refractivity (Wildman–Crippen MR) is 119 cm³/mol. The summed E-state index contributed by atoms with van der Waals surface area (Å²) in [6.45, 7) is 2.27. The van der Waals surface area contributed by atoms with E-state index < -0.39 is 22.0 Å². The fourth-order valence-corrected chi connectivity index (χ4v) is 4.42. The summed E-state index contributed by atoms with van der Waals surface area (Å²) in [6.07, 6.45) is 24.4. The largest absolute Gasteiger partial charge is 1.00 e. The number of unbranched alkanes of at least 4 members (excludes halogenated alkanes) is 18. The van der Waals surface area contributed by atoms with Crippen LogP contribution in [0.3, 0.4) is 0 Å². The Bertz CT molecular complexity index is 415. The summed E-state index contributed by atoms with van der Waals surface area (Å²) in [5, 5.41) is 9.45. The summed E-state index contributed by atoms with van der Waals surface area (Å²) in [4.78, 5) is 0. The van der Waals surface area contributed by atoms with E-state index in [1.165, 1.54) is 103 Å². The zero-order valence-corrected chi connectivity index (χ0v) is 22.3. The Morgan fingerprint density at radius 2 is 0.897 bits per heavy atom. The van der Waals surface area contributed by atoms with Crippen LogP contribution in [-0.2, 0) is 10.1 Å². The first-order valence-electron chi connectivity index (χ1n) is 12.1. The van der Waals surface area contributed by atoms with Crippen LogP contribution in [0, 0.1) is 0 Å². The third kappa shape index (κ3) is 28.9. The molecule has 4 nitrogen and oxygen atoms in total. The summed E-state index contributed by atoms with van der Waals surface area (Å²) < 4.78 is 31.6. The molecule has 0 aromatic heterocycles. The monoisotopic (exact) mass is 442 g/mol. The maximum absolute atomic E-state index is 10.5. The second-order valence-corrected chi connectivity index (χ2v) is 9.98. The molecular weight excluding hydrogens is 395 g/mol. The summed E-state index contributed by atoms with van der Waals surface area (Å²) in [5.74, 6) is -0.647. The van der Waals surface area contributed by atoms with Crippen LogP contribution < -0.4 is 29.6 Å². The number of aliphatic hydroxyl groups excluding tert-OH is 1. The predicted octanol–water partition coefficient (Wildman–Crippen LogP) is 3.72. The standard InChI is InChI=1S/C23H48O4S.Na/c1-2-3-4-5-6-7-8-9-10-11-12-13-14-15-16-17-18-19-20-21-23(24)22-28(25,26)27;/h23-24H,2-22H2,1H3,(H,25,26,27);/q;+1/p-1. The molecule has 0 saturated carbocycles. The molecule has 0 aliphatic carbocycles. The molecule has 0 aliphatic heterocycles. The van der Waals surface area contributed by atoms with Crippen molar-refractivity contribution in [2.45, 2.75) is 141 Å². The average molecular weight is 443 g/mol. The minimum Gasteiger partial charge on any atom is -0.748 e. The minimum atomic E-state index is -4.30. The molecule has 0 bridgehead atoms. The normalized spacial score (nSPS) is 12.7. The molecule has 170 valence electrons. The molecule has 6 heteroatoms. The number of aliphatic hydroxyl groups is 1. The van der Waals surface area contributed by atoms with E-state index in [0.29, 0.717) is 6.42 Å². The van der Waals surface area contributed by atoms with E-state index in [0.717, 1.165) is 19.3 Å². The van der Waals surface area contributed by atoms with Gasteiger partial charge in [-0.05, 0) is 6.42 Å². The van der Waals surface area contributed by atoms with Crippen LogP contribution in [0.4, 0.5) is 0 Å². The number of hydrogen-bond acceptors (Lipinski definition) is 4. The van der Waals surface area contributed by atoms with Gasteiger partial charge in [-0.15, -0.1) is 0 Å². The third-order valence-electron chi connectivity index (χ3n) is 5.54. The van der Waals surface area contributed by atoms with Crippen molar-refractivity contribution in [3.63, 3.8) is 0 Å². The maximum Gasteiger partial charge on any atom is 1.00 e. The van der Waals surface area contributed by atoms with E-state index in [1.807, 2.05) is 0 Å². The smallest absolute Gasteiger partial charge is 0.748 e. The van der Waals surface area contributed by atoms with E-state index in [-0.39, 0.29) is 29.6 Å². The molecule has 0 saturated heterocycles. The Morgan fingerprint density at radius 1 is 0.621 bits per heavy atom. The van der Waals surface area contributed by atoms with Crippen molar-refractivity contribution < 1.29 is 47.6 Å². The molecule has 0 heterocycles. The quantitative estimate of drug-likeness (QED) is 0.157. The molecule has 1 N–H and O–H groups in total. The van der Waals surface area contributed by atoms with Gasteiger partial charge in [0.2, 0.25) is 0 Å². The van der Waals surface area contributed by atoms with E-state index in [1.54, 1.807) is 0 Å². The van der Waals surface area contributed by atoms with E-state index in [4.69, 9.17) is 0 Å². The van der Waals surface area contributed by atoms with Crippen molar-refractivity contribution in [3.8, 4) is 0 Å². The summed E-state index contributed by atoms with van der Waals surface area (Å²) in [6, 6.07) is 0. The average Bonchev–Trinajstić information content (AvgIpc) is 2.62. The topological polar surface area (TPSA) is 77.4 Å². The number of rotatable bonds is 22. The Balaban J connectivity index is 0. The molecule has 0 amide bonds. The van der Waals surface area contributed by atoms with E-state index in [9.17, 15) is 18.1 Å². The van der Waals surface area contributed by atoms with Crippen LogP contribution in [0.1, 0.15) is 135 Å². The third-order valence-corrected chi connectivity index (χ3v) is 6.33. The maximum atomic E-state index is 10.5. The number of hydrogen-bond donors (Lipinski definition) is 1. The van der Waals surface area contributed by atoms with Gasteiger partial charge in [0.25, 0.3) is 0 Å². The Morgan fingerprint density at radius 3 is 1.17 bits per heavy atom. The van der Waals surface area contributed by atoms with Gasteiger partial charge in [-0.1, -0.05) is 129 Å². The van der Waals surface area contributed by atoms with Crippen molar-refractivity contribution in [2.75, 3.05) is 5.75 Å². The molecule has 0 aromatic rings. The molecule has 0 aromatic carbocycles. The zero-order chi connectivity index (χ0) is 20.9.